The second kappa shape index (κ2) is 6.78. The van der Waals surface area contributed by atoms with Crippen LogP contribution in [-0.4, -0.2) is 29.7 Å². The standard InChI is InChI=1S/C17H19BrF3NO2/c1-16(2,3)24-15(23)22-8-6-11(7-9-22)13-5-4-12(10-14(13)18)17(19,20)21/h4-6,10H,7-9H2,1-3H3. The highest BCUT2D eigenvalue weighted by molar-refractivity contribution is 9.10. The first-order valence-corrected chi connectivity index (χ1v) is 8.31. The first-order chi connectivity index (χ1) is 11.0. The average Bonchev–Trinajstić information content (AvgIpc) is 2.44. The molecule has 0 spiro atoms. The van der Waals surface area contributed by atoms with Gasteiger partial charge < -0.3 is 9.64 Å². The number of benzene rings is 1. The zero-order chi connectivity index (χ0) is 18.1. The Morgan fingerprint density at radius 1 is 1.25 bits per heavy atom. The molecule has 0 aromatic heterocycles. The minimum absolute atomic E-state index is 0.373. The lowest BCUT2D eigenvalue weighted by Crippen LogP contribution is -2.39. The maximum atomic E-state index is 12.7. The second-order valence-electron chi connectivity index (χ2n) is 6.60. The van der Waals surface area contributed by atoms with Crippen LogP contribution in [0.1, 0.15) is 38.3 Å². The first-order valence-electron chi connectivity index (χ1n) is 7.51. The lowest BCUT2D eigenvalue weighted by Gasteiger charge is -2.30. The number of ether oxygens (including phenoxy) is 1. The third kappa shape index (κ3) is 4.75. The fourth-order valence-corrected chi connectivity index (χ4v) is 2.99. The minimum atomic E-state index is -4.37. The van der Waals surface area contributed by atoms with Crippen molar-refractivity contribution in [1.29, 1.82) is 0 Å². The van der Waals surface area contributed by atoms with Crippen LogP contribution in [0.15, 0.2) is 28.7 Å². The number of halogens is 4. The number of carbonyl (C=O) groups is 1. The SMILES string of the molecule is CC(C)(C)OC(=O)N1CC=C(c2ccc(C(F)(F)F)cc2Br)CC1. The summed E-state index contributed by atoms with van der Waals surface area (Å²) in [5.74, 6) is 0. The minimum Gasteiger partial charge on any atom is -0.444 e. The van der Waals surface area contributed by atoms with Crippen molar-refractivity contribution >= 4 is 27.6 Å². The number of rotatable bonds is 1. The van der Waals surface area contributed by atoms with Crippen molar-refractivity contribution < 1.29 is 22.7 Å². The number of hydrogen-bond donors (Lipinski definition) is 0. The highest BCUT2D eigenvalue weighted by atomic mass is 79.9. The predicted molar refractivity (Wildman–Crippen MR) is 89.5 cm³/mol. The number of carbonyl (C=O) groups excluding carboxylic acids is 1. The first kappa shape index (κ1) is 18.8. The topological polar surface area (TPSA) is 29.5 Å². The average molecular weight is 406 g/mol. The molecule has 0 N–H and O–H groups in total. The van der Waals surface area contributed by atoms with Gasteiger partial charge in [-0.3, -0.25) is 0 Å². The molecule has 1 aromatic rings. The predicted octanol–water partition coefficient (Wildman–Crippen LogP) is 5.49. The van der Waals surface area contributed by atoms with Crippen LogP contribution in [0.3, 0.4) is 0 Å². The molecule has 1 aliphatic heterocycles. The van der Waals surface area contributed by atoms with E-state index in [9.17, 15) is 18.0 Å². The van der Waals surface area contributed by atoms with Gasteiger partial charge in [0, 0.05) is 17.6 Å². The fraction of sp³-hybridized carbons (Fsp3) is 0.471. The summed E-state index contributed by atoms with van der Waals surface area (Å²) in [4.78, 5) is 13.6. The van der Waals surface area contributed by atoms with Gasteiger partial charge >= 0.3 is 12.3 Å². The number of amides is 1. The molecule has 1 amide bonds. The Balaban J connectivity index is 2.12. The summed E-state index contributed by atoms with van der Waals surface area (Å²) in [5.41, 5.74) is 0.379. The summed E-state index contributed by atoms with van der Waals surface area (Å²) in [6, 6.07) is 3.61. The van der Waals surface area contributed by atoms with Gasteiger partial charge in [-0.15, -0.1) is 0 Å². The molecule has 1 heterocycles. The molecule has 0 saturated carbocycles. The van der Waals surface area contributed by atoms with Crippen molar-refractivity contribution in [3.63, 3.8) is 0 Å². The molecule has 1 aromatic carbocycles. The molecule has 0 bridgehead atoms. The van der Waals surface area contributed by atoms with E-state index in [1.807, 2.05) is 6.08 Å². The van der Waals surface area contributed by atoms with Gasteiger partial charge in [-0.05, 0) is 50.5 Å². The van der Waals surface area contributed by atoms with Crippen molar-refractivity contribution in [2.24, 2.45) is 0 Å². The third-order valence-electron chi connectivity index (χ3n) is 3.50. The molecule has 24 heavy (non-hydrogen) atoms. The zero-order valence-corrected chi connectivity index (χ0v) is 15.3. The Morgan fingerprint density at radius 3 is 2.38 bits per heavy atom. The van der Waals surface area contributed by atoms with E-state index < -0.39 is 17.3 Å². The van der Waals surface area contributed by atoms with Gasteiger partial charge in [0.15, 0.2) is 0 Å². The van der Waals surface area contributed by atoms with E-state index in [1.54, 1.807) is 25.7 Å². The summed E-state index contributed by atoms with van der Waals surface area (Å²) in [6.45, 7) is 6.24. The monoisotopic (exact) mass is 405 g/mol. The number of hydrogen-bond acceptors (Lipinski definition) is 2. The van der Waals surface area contributed by atoms with Crippen molar-refractivity contribution in [3.8, 4) is 0 Å². The summed E-state index contributed by atoms with van der Waals surface area (Å²) >= 11 is 3.21. The van der Waals surface area contributed by atoms with Crippen molar-refractivity contribution in [1.82, 2.24) is 4.90 Å². The van der Waals surface area contributed by atoms with Crippen LogP contribution < -0.4 is 0 Å². The van der Waals surface area contributed by atoms with E-state index >= 15 is 0 Å². The molecular formula is C17H19BrF3NO2. The lowest BCUT2D eigenvalue weighted by molar-refractivity contribution is -0.137. The molecule has 3 nitrogen and oxygen atoms in total. The largest absolute Gasteiger partial charge is 0.444 e. The van der Waals surface area contributed by atoms with E-state index in [1.165, 1.54) is 6.07 Å². The van der Waals surface area contributed by atoms with Gasteiger partial charge in [0.2, 0.25) is 0 Å². The van der Waals surface area contributed by atoms with E-state index in [4.69, 9.17) is 4.74 Å². The van der Waals surface area contributed by atoms with Crippen LogP contribution in [0.4, 0.5) is 18.0 Å². The zero-order valence-electron chi connectivity index (χ0n) is 13.7. The van der Waals surface area contributed by atoms with Gasteiger partial charge in [-0.1, -0.05) is 28.1 Å². The summed E-state index contributed by atoms with van der Waals surface area (Å²) < 4.78 is 43.9. The maximum Gasteiger partial charge on any atom is 0.416 e. The van der Waals surface area contributed by atoms with Gasteiger partial charge in [0.25, 0.3) is 0 Å². The van der Waals surface area contributed by atoms with E-state index in [0.717, 1.165) is 17.7 Å². The highest BCUT2D eigenvalue weighted by Crippen LogP contribution is 2.35. The van der Waals surface area contributed by atoms with Crippen LogP contribution in [0.2, 0.25) is 0 Å². The van der Waals surface area contributed by atoms with Crippen LogP contribution in [0.25, 0.3) is 5.57 Å². The molecule has 0 atom stereocenters. The van der Waals surface area contributed by atoms with Gasteiger partial charge in [-0.25, -0.2) is 4.79 Å². The Bertz CT molecular complexity index is 663. The van der Waals surface area contributed by atoms with Crippen LogP contribution in [0.5, 0.6) is 0 Å². The Labute approximate surface area is 147 Å². The molecule has 0 unspecified atom stereocenters. The molecule has 1 aliphatic rings. The maximum absolute atomic E-state index is 12.7. The normalized spacial score (nSPS) is 16.0. The third-order valence-corrected chi connectivity index (χ3v) is 4.16. The van der Waals surface area contributed by atoms with Gasteiger partial charge in [0.1, 0.15) is 5.60 Å². The van der Waals surface area contributed by atoms with E-state index in [2.05, 4.69) is 15.9 Å². The summed E-state index contributed by atoms with van der Waals surface area (Å²) in [5, 5.41) is 0. The smallest absolute Gasteiger partial charge is 0.416 e. The summed E-state index contributed by atoms with van der Waals surface area (Å²) in [6.07, 6.45) is -2.34. The number of nitrogens with zero attached hydrogens (tertiary/aromatic N) is 1. The van der Waals surface area contributed by atoms with Crippen LogP contribution >= 0.6 is 15.9 Å². The summed E-state index contributed by atoms with van der Waals surface area (Å²) in [7, 11) is 0. The van der Waals surface area contributed by atoms with Gasteiger partial charge in [-0.2, -0.15) is 13.2 Å². The van der Waals surface area contributed by atoms with Crippen molar-refractivity contribution in [2.75, 3.05) is 13.1 Å². The van der Waals surface area contributed by atoms with E-state index in [-0.39, 0.29) is 6.09 Å². The second-order valence-corrected chi connectivity index (χ2v) is 7.45. The molecule has 0 aliphatic carbocycles. The van der Waals surface area contributed by atoms with Crippen molar-refractivity contribution in [2.45, 2.75) is 39.0 Å². The number of alkyl halides is 3. The van der Waals surface area contributed by atoms with Crippen LogP contribution in [0, 0.1) is 0 Å². The fourth-order valence-electron chi connectivity index (χ4n) is 2.36. The molecule has 132 valence electrons. The Hall–Kier alpha value is -1.50. The Kier molecular flexibility index (Phi) is 5.32. The molecular weight excluding hydrogens is 387 g/mol. The molecule has 0 fully saturated rings. The molecule has 2 rings (SSSR count). The Morgan fingerprint density at radius 2 is 1.92 bits per heavy atom. The van der Waals surface area contributed by atoms with E-state index in [0.29, 0.717) is 29.5 Å². The molecule has 7 heteroatoms. The molecule has 0 saturated heterocycles. The van der Waals surface area contributed by atoms with Gasteiger partial charge in [0.05, 0.1) is 5.56 Å². The van der Waals surface area contributed by atoms with Crippen molar-refractivity contribution in [3.05, 3.63) is 39.9 Å². The lowest BCUT2D eigenvalue weighted by atomic mass is 9.98. The quantitative estimate of drug-likeness (QED) is 0.617. The molecule has 0 radical (unpaired) electrons. The van der Waals surface area contributed by atoms with Crippen LogP contribution in [-0.2, 0) is 10.9 Å². The highest BCUT2D eigenvalue weighted by Gasteiger charge is 2.31.